The van der Waals surface area contributed by atoms with Gasteiger partial charge in [-0.15, -0.1) is 0 Å². The molecular formula is C13H17FO2. The molecule has 0 radical (unpaired) electrons. The third-order valence-corrected chi connectivity index (χ3v) is 3.25. The summed E-state index contributed by atoms with van der Waals surface area (Å²) in [5, 5.41) is 10.2. The number of hydrogen-bond donors (Lipinski definition) is 1. The van der Waals surface area contributed by atoms with Crippen LogP contribution in [0.2, 0.25) is 0 Å². The summed E-state index contributed by atoms with van der Waals surface area (Å²) in [6.07, 6.45) is 0.239. The fourth-order valence-electron chi connectivity index (χ4n) is 2.35. The highest BCUT2D eigenvalue weighted by molar-refractivity contribution is 5.26. The average Bonchev–Trinajstić information content (AvgIpc) is 2.62. The highest BCUT2D eigenvalue weighted by Gasteiger charge is 2.31. The smallest absolute Gasteiger partial charge is 0.123 e. The lowest BCUT2D eigenvalue weighted by atomic mass is 9.90. The van der Waals surface area contributed by atoms with Crippen molar-refractivity contribution >= 4 is 0 Å². The molecule has 1 aromatic carbocycles. The Balaban J connectivity index is 2.22. The normalized spacial score (nSPS) is 27.0. The van der Waals surface area contributed by atoms with Crippen LogP contribution in [0.1, 0.15) is 30.6 Å². The van der Waals surface area contributed by atoms with E-state index in [2.05, 4.69) is 0 Å². The lowest BCUT2D eigenvalue weighted by molar-refractivity contribution is 0.0430. The number of halogens is 1. The Morgan fingerprint density at radius 2 is 2.19 bits per heavy atom. The first-order valence-corrected chi connectivity index (χ1v) is 5.64. The predicted octanol–water partition coefficient (Wildman–Crippen LogP) is 2.59. The van der Waals surface area contributed by atoms with Crippen molar-refractivity contribution in [3.63, 3.8) is 0 Å². The van der Waals surface area contributed by atoms with E-state index < -0.39 is 6.10 Å². The zero-order chi connectivity index (χ0) is 11.7. The van der Waals surface area contributed by atoms with Crippen molar-refractivity contribution in [2.45, 2.75) is 32.5 Å². The van der Waals surface area contributed by atoms with Crippen LogP contribution in [0.3, 0.4) is 0 Å². The zero-order valence-electron chi connectivity index (χ0n) is 9.61. The molecule has 0 saturated carbocycles. The Kier molecular flexibility index (Phi) is 3.26. The van der Waals surface area contributed by atoms with Crippen LogP contribution in [-0.4, -0.2) is 17.8 Å². The van der Waals surface area contributed by atoms with Crippen LogP contribution in [0.5, 0.6) is 0 Å². The molecule has 0 spiro atoms. The zero-order valence-corrected chi connectivity index (χ0v) is 9.61. The van der Waals surface area contributed by atoms with Crippen LogP contribution in [0, 0.1) is 18.7 Å². The second-order valence-corrected chi connectivity index (χ2v) is 4.54. The van der Waals surface area contributed by atoms with E-state index >= 15 is 0 Å². The molecule has 0 aromatic heterocycles. The fourth-order valence-corrected chi connectivity index (χ4v) is 2.35. The molecule has 0 amide bonds. The van der Waals surface area contributed by atoms with E-state index in [4.69, 9.17) is 4.74 Å². The maximum absolute atomic E-state index is 13.2. The molecule has 3 atom stereocenters. The highest BCUT2D eigenvalue weighted by atomic mass is 19.1. The summed E-state index contributed by atoms with van der Waals surface area (Å²) < 4.78 is 18.6. The molecule has 1 N–H and O–H groups in total. The summed E-state index contributed by atoms with van der Waals surface area (Å²) in [5.41, 5.74) is 1.49. The summed E-state index contributed by atoms with van der Waals surface area (Å²) >= 11 is 0. The number of ether oxygens (including phenoxy) is 1. The molecule has 1 aliphatic heterocycles. The van der Waals surface area contributed by atoms with Crippen molar-refractivity contribution in [1.29, 1.82) is 0 Å². The Morgan fingerprint density at radius 3 is 2.75 bits per heavy atom. The summed E-state index contributed by atoms with van der Waals surface area (Å²) in [7, 11) is 0. The van der Waals surface area contributed by atoms with Gasteiger partial charge in [0.05, 0.1) is 12.2 Å². The van der Waals surface area contributed by atoms with Crippen LogP contribution in [0.4, 0.5) is 4.39 Å². The molecule has 1 aromatic rings. The number of benzene rings is 1. The molecule has 3 heteroatoms. The van der Waals surface area contributed by atoms with Gasteiger partial charge in [0, 0.05) is 12.5 Å². The molecule has 3 unspecified atom stereocenters. The van der Waals surface area contributed by atoms with E-state index in [0.717, 1.165) is 12.0 Å². The van der Waals surface area contributed by atoms with Gasteiger partial charge in [-0.1, -0.05) is 6.07 Å². The molecule has 1 aliphatic rings. The summed E-state index contributed by atoms with van der Waals surface area (Å²) in [5.74, 6) is -0.221. The SMILES string of the molecule is Cc1cc(F)cc(C(O)C2CCOC2C)c1. The molecular weight excluding hydrogens is 207 g/mol. The molecule has 1 fully saturated rings. The van der Waals surface area contributed by atoms with Crippen molar-refractivity contribution in [3.8, 4) is 0 Å². The molecule has 2 nitrogen and oxygen atoms in total. The predicted molar refractivity (Wildman–Crippen MR) is 59.6 cm³/mol. The van der Waals surface area contributed by atoms with Crippen molar-refractivity contribution in [1.82, 2.24) is 0 Å². The first-order valence-electron chi connectivity index (χ1n) is 5.64. The standard InChI is InChI=1S/C13H17FO2/c1-8-5-10(7-11(14)6-8)13(15)12-3-4-16-9(12)2/h5-7,9,12-13,15H,3-4H2,1-2H3. The summed E-state index contributed by atoms with van der Waals surface area (Å²) in [4.78, 5) is 0. The Morgan fingerprint density at radius 1 is 1.44 bits per heavy atom. The fraction of sp³-hybridized carbons (Fsp3) is 0.538. The number of aliphatic hydroxyl groups excluding tert-OH is 1. The summed E-state index contributed by atoms with van der Waals surface area (Å²) in [6.45, 7) is 4.46. The molecule has 0 aliphatic carbocycles. The minimum atomic E-state index is -0.633. The minimum absolute atomic E-state index is 0.0403. The lowest BCUT2D eigenvalue weighted by Gasteiger charge is -2.21. The van der Waals surface area contributed by atoms with Crippen LogP contribution in [-0.2, 0) is 4.74 Å². The number of aryl methyl sites for hydroxylation is 1. The topological polar surface area (TPSA) is 29.5 Å². The second kappa shape index (κ2) is 4.52. The third-order valence-electron chi connectivity index (χ3n) is 3.25. The summed E-state index contributed by atoms with van der Waals surface area (Å²) in [6, 6.07) is 4.70. The average molecular weight is 224 g/mol. The minimum Gasteiger partial charge on any atom is -0.388 e. The van der Waals surface area contributed by atoms with Crippen molar-refractivity contribution in [2.75, 3.05) is 6.61 Å². The molecule has 1 heterocycles. The van der Waals surface area contributed by atoms with Gasteiger partial charge < -0.3 is 9.84 Å². The Bertz CT molecular complexity index is 358. The van der Waals surface area contributed by atoms with Crippen molar-refractivity contribution in [2.24, 2.45) is 5.92 Å². The first-order chi connectivity index (χ1) is 7.58. The molecule has 2 rings (SSSR count). The van der Waals surface area contributed by atoms with E-state index in [1.54, 1.807) is 0 Å². The van der Waals surface area contributed by atoms with Gasteiger partial charge in [0.1, 0.15) is 5.82 Å². The maximum Gasteiger partial charge on any atom is 0.123 e. The van der Waals surface area contributed by atoms with Gasteiger partial charge in [0.25, 0.3) is 0 Å². The van der Waals surface area contributed by atoms with Crippen LogP contribution in [0.15, 0.2) is 18.2 Å². The van der Waals surface area contributed by atoms with Crippen LogP contribution < -0.4 is 0 Å². The molecule has 16 heavy (non-hydrogen) atoms. The van der Waals surface area contributed by atoms with E-state index in [-0.39, 0.29) is 17.8 Å². The first kappa shape index (κ1) is 11.6. The number of aliphatic hydroxyl groups is 1. The van der Waals surface area contributed by atoms with Crippen molar-refractivity contribution in [3.05, 3.63) is 35.1 Å². The quantitative estimate of drug-likeness (QED) is 0.836. The number of rotatable bonds is 2. The van der Waals surface area contributed by atoms with Crippen LogP contribution >= 0.6 is 0 Å². The largest absolute Gasteiger partial charge is 0.388 e. The monoisotopic (exact) mass is 224 g/mol. The number of hydrogen-bond acceptors (Lipinski definition) is 2. The molecule has 1 saturated heterocycles. The maximum atomic E-state index is 13.2. The van der Waals surface area contributed by atoms with Gasteiger partial charge in [-0.05, 0) is 43.5 Å². The van der Waals surface area contributed by atoms with Gasteiger partial charge in [-0.2, -0.15) is 0 Å². The van der Waals surface area contributed by atoms with Crippen LogP contribution in [0.25, 0.3) is 0 Å². The third kappa shape index (κ3) is 2.25. The van der Waals surface area contributed by atoms with E-state index in [1.807, 2.05) is 19.9 Å². The van der Waals surface area contributed by atoms with Gasteiger partial charge >= 0.3 is 0 Å². The lowest BCUT2D eigenvalue weighted by Crippen LogP contribution is -2.20. The van der Waals surface area contributed by atoms with Gasteiger partial charge in [-0.3, -0.25) is 0 Å². The van der Waals surface area contributed by atoms with Crippen molar-refractivity contribution < 1.29 is 14.2 Å². The van der Waals surface area contributed by atoms with E-state index in [9.17, 15) is 9.50 Å². The molecule has 0 bridgehead atoms. The van der Waals surface area contributed by atoms with E-state index in [1.165, 1.54) is 12.1 Å². The Hall–Kier alpha value is -0.930. The Labute approximate surface area is 95.1 Å². The second-order valence-electron chi connectivity index (χ2n) is 4.54. The van der Waals surface area contributed by atoms with Gasteiger partial charge in [0.15, 0.2) is 0 Å². The van der Waals surface area contributed by atoms with Gasteiger partial charge in [-0.25, -0.2) is 4.39 Å². The molecule has 88 valence electrons. The van der Waals surface area contributed by atoms with Gasteiger partial charge in [0.2, 0.25) is 0 Å². The highest BCUT2D eigenvalue weighted by Crippen LogP contribution is 2.33. The van der Waals surface area contributed by atoms with E-state index in [0.29, 0.717) is 12.2 Å².